The van der Waals surface area contributed by atoms with Gasteiger partial charge < -0.3 is 10.6 Å². The Labute approximate surface area is 188 Å². The summed E-state index contributed by atoms with van der Waals surface area (Å²) in [6.45, 7) is 4.81. The van der Waals surface area contributed by atoms with Gasteiger partial charge in [-0.05, 0) is 67.9 Å². The van der Waals surface area contributed by atoms with Crippen LogP contribution in [0.15, 0.2) is 84.0 Å². The highest BCUT2D eigenvalue weighted by atomic mass is 16.2. The van der Waals surface area contributed by atoms with E-state index in [0.717, 1.165) is 29.9 Å². The topological polar surface area (TPSA) is 73.8 Å². The van der Waals surface area contributed by atoms with E-state index in [2.05, 4.69) is 15.7 Å². The summed E-state index contributed by atoms with van der Waals surface area (Å²) in [5.74, 6) is -0.319. The number of hydrazone groups is 1. The quantitative estimate of drug-likeness (QED) is 0.581. The Morgan fingerprint density at radius 1 is 0.906 bits per heavy atom. The van der Waals surface area contributed by atoms with E-state index < -0.39 is 0 Å². The number of benzene rings is 3. The van der Waals surface area contributed by atoms with Gasteiger partial charge in [0.15, 0.2) is 0 Å². The molecule has 1 unspecified atom stereocenters. The smallest absolute Gasteiger partial charge is 0.255 e. The molecule has 6 nitrogen and oxygen atoms in total. The molecule has 1 aliphatic heterocycles. The summed E-state index contributed by atoms with van der Waals surface area (Å²) >= 11 is 0. The first kappa shape index (κ1) is 21.3. The third kappa shape index (κ3) is 5.03. The molecule has 4 rings (SSSR count). The van der Waals surface area contributed by atoms with E-state index in [1.54, 1.807) is 12.1 Å². The lowest BCUT2D eigenvalue weighted by Gasteiger charge is -2.17. The SMILES string of the molecule is CC1=NN(c2ccc(C(=O)NC(C)c3cccc(NC(=O)c4ccccc4)c3)cc2)CC1. The van der Waals surface area contributed by atoms with Crippen LogP contribution in [0.25, 0.3) is 0 Å². The van der Waals surface area contributed by atoms with Gasteiger partial charge in [0.05, 0.1) is 11.7 Å². The molecular formula is C26H26N4O2. The van der Waals surface area contributed by atoms with E-state index in [-0.39, 0.29) is 17.9 Å². The van der Waals surface area contributed by atoms with Crippen LogP contribution in [0.3, 0.4) is 0 Å². The highest BCUT2D eigenvalue weighted by Gasteiger charge is 2.15. The maximum absolute atomic E-state index is 12.7. The molecule has 3 aromatic carbocycles. The van der Waals surface area contributed by atoms with Crippen LogP contribution in [0.1, 0.15) is 52.6 Å². The molecule has 0 fully saturated rings. The van der Waals surface area contributed by atoms with Crippen molar-refractivity contribution in [2.45, 2.75) is 26.3 Å². The lowest BCUT2D eigenvalue weighted by molar-refractivity contribution is 0.0939. The summed E-state index contributed by atoms with van der Waals surface area (Å²) in [5.41, 5.74) is 4.87. The summed E-state index contributed by atoms with van der Waals surface area (Å²) in [6, 6.07) is 23.8. The third-order valence-electron chi connectivity index (χ3n) is 5.43. The minimum Gasteiger partial charge on any atom is -0.346 e. The van der Waals surface area contributed by atoms with Crippen molar-refractivity contribution in [3.05, 3.63) is 95.6 Å². The Bertz CT molecular complexity index is 1140. The van der Waals surface area contributed by atoms with Crippen molar-refractivity contribution in [1.29, 1.82) is 0 Å². The first-order valence-corrected chi connectivity index (χ1v) is 10.7. The number of amides is 2. The second-order valence-corrected chi connectivity index (χ2v) is 7.90. The van der Waals surface area contributed by atoms with Gasteiger partial charge in [0.25, 0.3) is 11.8 Å². The highest BCUT2D eigenvalue weighted by Crippen LogP contribution is 2.21. The van der Waals surface area contributed by atoms with Crippen molar-refractivity contribution in [3.63, 3.8) is 0 Å². The molecule has 0 saturated heterocycles. The molecule has 0 saturated carbocycles. The Kier molecular flexibility index (Phi) is 6.31. The molecule has 0 spiro atoms. The zero-order valence-electron chi connectivity index (χ0n) is 18.2. The van der Waals surface area contributed by atoms with Gasteiger partial charge in [-0.3, -0.25) is 14.6 Å². The fourth-order valence-electron chi connectivity index (χ4n) is 3.59. The van der Waals surface area contributed by atoms with E-state index >= 15 is 0 Å². The van der Waals surface area contributed by atoms with Crippen LogP contribution in [0, 0.1) is 0 Å². The molecule has 2 amide bonds. The number of hydrogen-bond donors (Lipinski definition) is 2. The lowest BCUT2D eigenvalue weighted by atomic mass is 10.1. The molecule has 2 N–H and O–H groups in total. The monoisotopic (exact) mass is 426 g/mol. The number of nitrogens with zero attached hydrogens (tertiary/aromatic N) is 2. The second kappa shape index (κ2) is 9.47. The zero-order chi connectivity index (χ0) is 22.5. The molecule has 0 aliphatic carbocycles. The van der Waals surface area contributed by atoms with Crippen LogP contribution < -0.4 is 15.6 Å². The fraction of sp³-hybridized carbons (Fsp3) is 0.192. The molecule has 1 atom stereocenters. The van der Waals surface area contributed by atoms with E-state index in [0.29, 0.717) is 16.8 Å². The number of carbonyl (C=O) groups excluding carboxylic acids is 2. The molecule has 0 radical (unpaired) electrons. The summed E-state index contributed by atoms with van der Waals surface area (Å²) in [6.07, 6.45) is 0.963. The van der Waals surface area contributed by atoms with Gasteiger partial charge in [0, 0.05) is 35.5 Å². The number of nitrogens with one attached hydrogen (secondary N) is 2. The van der Waals surface area contributed by atoms with Gasteiger partial charge in [0.1, 0.15) is 0 Å². The average molecular weight is 427 g/mol. The van der Waals surface area contributed by atoms with Crippen molar-refractivity contribution >= 4 is 28.9 Å². The van der Waals surface area contributed by atoms with E-state index in [1.165, 1.54) is 0 Å². The van der Waals surface area contributed by atoms with Crippen LogP contribution in [0.5, 0.6) is 0 Å². The van der Waals surface area contributed by atoms with Gasteiger partial charge >= 0.3 is 0 Å². The largest absolute Gasteiger partial charge is 0.346 e. The Morgan fingerprint density at radius 2 is 1.62 bits per heavy atom. The minimum atomic E-state index is -0.221. The van der Waals surface area contributed by atoms with Crippen LogP contribution in [-0.4, -0.2) is 24.1 Å². The molecular weight excluding hydrogens is 400 g/mol. The van der Waals surface area contributed by atoms with Crippen molar-refractivity contribution in [2.75, 3.05) is 16.9 Å². The van der Waals surface area contributed by atoms with Crippen LogP contribution in [0.4, 0.5) is 11.4 Å². The fourth-order valence-corrected chi connectivity index (χ4v) is 3.59. The van der Waals surface area contributed by atoms with Crippen molar-refractivity contribution in [1.82, 2.24) is 5.32 Å². The maximum Gasteiger partial charge on any atom is 0.255 e. The molecule has 162 valence electrons. The Morgan fingerprint density at radius 3 is 2.31 bits per heavy atom. The van der Waals surface area contributed by atoms with Crippen LogP contribution >= 0.6 is 0 Å². The predicted molar refractivity (Wildman–Crippen MR) is 128 cm³/mol. The summed E-state index contributed by atoms with van der Waals surface area (Å²) in [4.78, 5) is 25.1. The van der Waals surface area contributed by atoms with Crippen LogP contribution in [0.2, 0.25) is 0 Å². The molecule has 1 aliphatic rings. The zero-order valence-corrected chi connectivity index (χ0v) is 18.2. The van der Waals surface area contributed by atoms with Crippen molar-refractivity contribution in [2.24, 2.45) is 5.10 Å². The first-order valence-electron chi connectivity index (χ1n) is 10.7. The molecule has 3 aromatic rings. The molecule has 1 heterocycles. The predicted octanol–water partition coefficient (Wildman–Crippen LogP) is 5.02. The molecule has 32 heavy (non-hydrogen) atoms. The number of carbonyl (C=O) groups is 2. The standard InChI is InChI=1S/C26H26N4O2/c1-18-15-16-30(29-18)24-13-11-21(12-14-24)25(31)27-19(2)22-9-6-10-23(17-22)28-26(32)20-7-4-3-5-8-20/h3-14,17,19H,15-16H2,1-2H3,(H,27,31)(H,28,32). The normalized spacial score (nSPS) is 13.9. The van der Waals surface area contributed by atoms with Crippen molar-refractivity contribution < 1.29 is 9.59 Å². The Balaban J connectivity index is 1.39. The number of rotatable bonds is 6. The van der Waals surface area contributed by atoms with Gasteiger partial charge in [-0.25, -0.2) is 0 Å². The van der Waals surface area contributed by atoms with Crippen molar-refractivity contribution in [3.8, 4) is 0 Å². The van der Waals surface area contributed by atoms with Gasteiger partial charge in [-0.15, -0.1) is 0 Å². The number of hydrogen-bond acceptors (Lipinski definition) is 4. The van der Waals surface area contributed by atoms with Gasteiger partial charge in [-0.2, -0.15) is 5.10 Å². The lowest BCUT2D eigenvalue weighted by Crippen LogP contribution is -2.26. The van der Waals surface area contributed by atoms with Gasteiger partial charge in [-0.1, -0.05) is 30.3 Å². The first-order chi connectivity index (χ1) is 15.5. The van der Waals surface area contributed by atoms with Gasteiger partial charge in [0.2, 0.25) is 0 Å². The molecule has 0 bridgehead atoms. The molecule has 6 heteroatoms. The van der Waals surface area contributed by atoms with Crippen LogP contribution in [-0.2, 0) is 0 Å². The van der Waals surface area contributed by atoms with E-state index in [9.17, 15) is 9.59 Å². The van der Waals surface area contributed by atoms with E-state index in [4.69, 9.17) is 0 Å². The van der Waals surface area contributed by atoms with E-state index in [1.807, 2.05) is 85.6 Å². The highest BCUT2D eigenvalue weighted by molar-refractivity contribution is 6.04. The summed E-state index contributed by atoms with van der Waals surface area (Å²) in [7, 11) is 0. The Hall–Kier alpha value is -3.93. The minimum absolute atomic E-state index is 0.149. The summed E-state index contributed by atoms with van der Waals surface area (Å²) in [5, 5.41) is 12.4. The number of anilines is 2. The second-order valence-electron chi connectivity index (χ2n) is 7.90. The average Bonchev–Trinajstić information content (AvgIpc) is 3.26. The third-order valence-corrected chi connectivity index (χ3v) is 5.43. The maximum atomic E-state index is 12.7. The molecule has 0 aromatic heterocycles. The summed E-state index contributed by atoms with van der Waals surface area (Å²) < 4.78 is 0.